The first-order valence-electron chi connectivity index (χ1n) is 5.71. The minimum Gasteiger partial charge on any atom is -0.476 e. The Morgan fingerprint density at radius 1 is 1.39 bits per heavy atom. The van der Waals surface area contributed by atoms with Gasteiger partial charge in [-0.05, 0) is 6.92 Å². The Morgan fingerprint density at radius 3 is 2.44 bits per heavy atom. The molecule has 1 rings (SSSR count). The standard InChI is InChI=1S/C11H18N4O3/c1-5-12-7(16)6-15-9(11(2,3)4)8(10(17)18)13-14-15/h5-6H2,1-4H3,(H,12,16)(H,17,18). The first kappa shape index (κ1) is 14.1. The normalized spacial score (nSPS) is 11.3. The van der Waals surface area contributed by atoms with Gasteiger partial charge in [-0.2, -0.15) is 0 Å². The number of aromatic nitrogens is 3. The van der Waals surface area contributed by atoms with Gasteiger partial charge in [0.05, 0.1) is 5.69 Å². The van der Waals surface area contributed by atoms with Crippen LogP contribution in [0.3, 0.4) is 0 Å². The smallest absolute Gasteiger partial charge is 0.358 e. The Hall–Kier alpha value is -1.92. The average molecular weight is 254 g/mol. The van der Waals surface area contributed by atoms with Crippen LogP contribution in [0.25, 0.3) is 0 Å². The second kappa shape index (κ2) is 5.16. The SMILES string of the molecule is CCNC(=O)Cn1nnc(C(=O)O)c1C(C)(C)C. The van der Waals surface area contributed by atoms with Crippen molar-refractivity contribution in [3.63, 3.8) is 0 Å². The van der Waals surface area contributed by atoms with Crippen LogP contribution < -0.4 is 5.32 Å². The number of nitrogens with zero attached hydrogens (tertiary/aromatic N) is 3. The highest BCUT2D eigenvalue weighted by Gasteiger charge is 2.29. The number of carbonyl (C=O) groups is 2. The van der Waals surface area contributed by atoms with E-state index in [0.717, 1.165) is 0 Å². The molecule has 0 fully saturated rings. The number of likely N-dealkylation sites (N-methyl/N-ethyl adjacent to an activating group) is 1. The minimum atomic E-state index is -1.14. The summed E-state index contributed by atoms with van der Waals surface area (Å²) in [5.41, 5.74) is -0.114. The second-order valence-corrected chi connectivity index (χ2v) is 4.95. The number of carbonyl (C=O) groups excluding carboxylic acids is 1. The van der Waals surface area contributed by atoms with Gasteiger partial charge in [0.25, 0.3) is 0 Å². The lowest BCUT2D eigenvalue weighted by Gasteiger charge is -2.20. The van der Waals surface area contributed by atoms with E-state index in [-0.39, 0.29) is 18.1 Å². The Morgan fingerprint density at radius 2 is 2.00 bits per heavy atom. The Balaban J connectivity index is 3.13. The second-order valence-electron chi connectivity index (χ2n) is 4.95. The Kier molecular flexibility index (Phi) is 4.05. The first-order valence-corrected chi connectivity index (χ1v) is 5.71. The number of rotatable bonds is 4. The summed E-state index contributed by atoms with van der Waals surface area (Å²) in [6.07, 6.45) is 0. The molecule has 1 aromatic rings. The number of aromatic carboxylic acids is 1. The summed E-state index contributed by atoms with van der Waals surface area (Å²) in [7, 11) is 0. The van der Waals surface area contributed by atoms with Crippen molar-refractivity contribution < 1.29 is 14.7 Å². The molecule has 0 unspecified atom stereocenters. The van der Waals surface area contributed by atoms with Crippen molar-refractivity contribution >= 4 is 11.9 Å². The van der Waals surface area contributed by atoms with E-state index in [0.29, 0.717) is 12.2 Å². The maximum Gasteiger partial charge on any atom is 0.358 e. The number of amides is 1. The zero-order valence-corrected chi connectivity index (χ0v) is 11.0. The van der Waals surface area contributed by atoms with Gasteiger partial charge in [0.2, 0.25) is 5.91 Å². The topological polar surface area (TPSA) is 97.1 Å². The molecule has 18 heavy (non-hydrogen) atoms. The van der Waals surface area contributed by atoms with Gasteiger partial charge in [-0.25, -0.2) is 9.48 Å². The summed E-state index contributed by atoms with van der Waals surface area (Å²) in [5, 5.41) is 19.1. The minimum absolute atomic E-state index is 0.0271. The third kappa shape index (κ3) is 3.06. The van der Waals surface area contributed by atoms with Crippen molar-refractivity contribution in [2.75, 3.05) is 6.54 Å². The van der Waals surface area contributed by atoms with Crippen LogP contribution in [0.5, 0.6) is 0 Å². The van der Waals surface area contributed by atoms with Crippen LogP contribution in [0.1, 0.15) is 43.9 Å². The number of carboxylic acids is 1. The van der Waals surface area contributed by atoms with Crippen molar-refractivity contribution in [3.05, 3.63) is 11.4 Å². The van der Waals surface area contributed by atoms with Gasteiger partial charge in [-0.1, -0.05) is 26.0 Å². The molecule has 0 radical (unpaired) electrons. The summed E-state index contributed by atoms with van der Waals surface area (Å²) >= 11 is 0. The molecule has 0 saturated heterocycles. The predicted octanol–water partition coefficient (Wildman–Crippen LogP) is 0.410. The van der Waals surface area contributed by atoms with Crippen molar-refractivity contribution in [1.82, 2.24) is 20.3 Å². The van der Waals surface area contributed by atoms with Crippen LogP contribution in [0.15, 0.2) is 0 Å². The lowest BCUT2D eigenvalue weighted by Crippen LogP contribution is -2.30. The summed E-state index contributed by atoms with van der Waals surface area (Å²) in [5.74, 6) is -1.35. The number of hydrogen-bond acceptors (Lipinski definition) is 4. The van der Waals surface area contributed by atoms with Gasteiger partial charge >= 0.3 is 5.97 Å². The molecular weight excluding hydrogens is 236 g/mol. The molecule has 1 aromatic heterocycles. The highest BCUT2D eigenvalue weighted by atomic mass is 16.4. The van der Waals surface area contributed by atoms with E-state index < -0.39 is 11.4 Å². The van der Waals surface area contributed by atoms with E-state index in [1.807, 2.05) is 27.7 Å². The van der Waals surface area contributed by atoms with Crippen LogP contribution in [0.4, 0.5) is 0 Å². The van der Waals surface area contributed by atoms with Gasteiger partial charge < -0.3 is 10.4 Å². The fourth-order valence-corrected chi connectivity index (χ4v) is 1.70. The zero-order chi connectivity index (χ0) is 13.9. The molecular formula is C11H18N4O3. The van der Waals surface area contributed by atoms with E-state index in [1.54, 1.807) is 0 Å². The summed E-state index contributed by atoms with van der Waals surface area (Å²) in [4.78, 5) is 22.6. The van der Waals surface area contributed by atoms with Crippen LogP contribution >= 0.6 is 0 Å². The Bertz CT molecular complexity index is 459. The molecule has 0 bridgehead atoms. The molecule has 0 atom stereocenters. The van der Waals surface area contributed by atoms with Gasteiger partial charge in [-0.15, -0.1) is 5.10 Å². The summed E-state index contributed by atoms with van der Waals surface area (Å²) < 4.78 is 1.34. The number of nitrogens with one attached hydrogen (secondary N) is 1. The predicted molar refractivity (Wildman–Crippen MR) is 64.4 cm³/mol. The van der Waals surface area contributed by atoms with Crippen LogP contribution in [0.2, 0.25) is 0 Å². The maximum absolute atomic E-state index is 11.5. The van der Waals surface area contributed by atoms with E-state index in [4.69, 9.17) is 5.11 Å². The van der Waals surface area contributed by atoms with Crippen molar-refractivity contribution in [2.24, 2.45) is 0 Å². The number of carboxylic acid groups (broad SMARTS) is 1. The van der Waals surface area contributed by atoms with Crippen LogP contribution in [-0.2, 0) is 16.8 Å². The van der Waals surface area contributed by atoms with Crippen molar-refractivity contribution in [2.45, 2.75) is 39.7 Å². The van der Waals surface area contributed by atoms with E-state index in [2.05, 4.69) is 15.6 Å². The lowest BCUT2D eigenvalue weighted by atomic mass is 9.90. The lowest BCUT2D eigenvalue weighted by molar-refractivity contribution is -0.121. The molecule has 7 heteroatoms. The molecule has 0 spiro atoms. The molecule has 0 aliphatic carbocycles. The van der Waals surface area contributed by atoms with Crippen molar-refractivity contribution in [1.29, 1.82) is 0 Å². The van der Waals surface area contributed by atoms with Gasteiger partial charge in [0.15, 0.2) is 5.69 Å². The molecule has 0 aromatic carbocycles. The van der Waals surface area contributed by atoms with E-state index in [1.165, 1.54) is 4.68 Å². The summed E-state index contributed by atoms with van der Waals surface area (Å²) in [6, 6.07) is 0. The summed E-state index contributed by atoms with van der Waals surface area (Å²) in [6.45, 7) is 7.86. The fraction of sp³-hybridized carbons (Fsp3) is 0.636. The van der Waals surface area contributed by atoms with Crippen LogP contribution in [0, 0.1) is 0 Å². The molecule has 7 nitrogen and oxygen atoms in total. The van der Waals surface area contributed by atoms with Gasteiger partial charge in [-0.3, -0.25) is 4.79 Å². The quantitative estimate of drug-likeness (QED) is 0.811. The molecule has 2 N–H and O–H groups in total. The molecule has 0 saturated carbocycles. The van der Waals surface area contributed by atoms with E-state index in [9.17, 15) is 9.59 Å². The third-order valence-electron chi connectivity index (χ3n) is 2.32. The molecule has 1 amide bonds. The fourth-order valence-electron chi connectivity index (χ4n) is 1.70. The largest absolute Gasteiger partial charge is 0.476 e. The molecule has 1 heterocycles. The number of hydrogen-bond donors (Lipinski definition) is 2. The van der Waals surface area contributed by atoms with E-state index >= 15 is 0 Å². The molecule has 0 aliphatic heterocycles. The van der Waals surface area contributed by atoms with Crippen molar-refractivity contribution in [3.8, 4) is 0 Å². The first-order chi connectivity index (χ1) is 8.27. The zero-order valence-electron chi connectivity index (χ0n) is 11.0. The van der Waals surface area contributed by atoms with Gasteiger partial charge in [0.1, 0.15) is 6.54 Å². The Labute approximate surface area is 105 Å². The monoisotopic (exact) mass is 254 g/mol. The highest BCUT2D eigenvalue weighted by Crippen LogP contribution is 2.24. The molecule has 100 valence electrons. The maximum atomic E-state index is 11.5. The third-order valence-corrected chi connectivity index (χ3v) is 2.32. The average Bonchev–Trinajstić information content (AvgIpc) is 2.61. The van der Waals surface area contributed by atoms with Crippen LogP contribution in [-0.4, -0.2) is 38.5 Å². The van der Waals surface area contributed by atoms with Gasteiger partial charge in [0, 0.05) is 12.0 Å². The molecule has 0 aliphatic rings. The highest BCUT2D eigenvalue weighted by molar-refractivity contribution is 5.87.